The number of carbonyl (C=O) groups is 3. The molecule has 13 heteroatoms. The molecule has 0 spiro atoms. The Morgan fingerprint density at radius 2 is 1.73 bits per heavy atom. The molecule has 0 aliphatic carbocycles. The van der Waals surface area contributed by atoms with E-state index in [0.29, 0.717) is 12.8 Å². The van der Waals surface area contributed by atoms with Crippen LogP contribution >= 0.6 is 23.2 Å². The van der Waals surface area contributed by atoms with E-state index in [0.717, 1.165) is 19.6 Å². The van der Waals surface area contributed by atoms with Crippen LogP contribution in [-0.4, -0.2) is 62.6 Å². The minimum absolute atomic E-state index is 0.0285. The van der Waals surface area contributed by atoms with Crippen LogP contribution in [0.25, 0.3) is 0 Å². The van der Waals surface area contributed by atoms with Gasteiger partial charge in [-0.15, -0.1) is 0 Å². The largest absolute Gasteiger partial charge is 0.480 e. The standard InChI is InChI=1S/C28H30Cl2N6O5/c1-28(10-12-36(13-11-28)16-17-6-3-2-4-7-17)35-27(41)32-21(25(38)39)14-18-15-31-26(40)34-23(18)33-24(37)22-19(29)8-5-9-20(22)30/h2-9,15,21H,10-14,16H2,1H3,(H,38,39)(H2,32,35,41)(H2,31,33,34,37,40). The zero-order chi connectivity index (χ0) is 29.6. The van der Waals surface area contributed by atoms with Crippen molar-refractivity contribution in [3.63, 3.8) is 0 Å². The Bertz CT molecular complexity index is 1450. The number of carboxylic acids is 1. The highest BCUT2D eigenvalue weighted by atomic mass is 35.5. The van der Waals surface area contributed by atoms with E-state index < -0.39 is 35.2 Å². The van der Waals surface area contributed by atoms with Crippen LogP contribution in [0.15, 0.2) is 59.5 Å². The number of piperidine rings is 1. The van der Waals surface area contributed by atoms with E-state index in [4.69, 9.17) is 23.2 Å². The third-order valence-electron chi connectivity index (χ3n) is 6.96. The van der Waals surface area contributed by atoms with Gasteiger partial charge in [0.25, 0.3) is 5.91 Å². The summed E-state index contributed by atoms with van der Waals surface area (Å²) in [6.45, 7) is 4.30. The van der Waals surface area contributed by atoms with Crippen molar-refractivity contribution in [3.8, 4) is 0 Å². The van der Waals surface area contributed by atoms with Gasteiger partial charge in [-0.25, -0.2) is 14.4 Å². The fourth-order valence-electron chi connectivity index (χ4n) is 4.63. The van der Waals surface area contributed by atoms with Crippen LogP contribution in [0, 0.1) is 0 Å². The van der Waals surface area contributed by atoms with E-state index >= 15 is 0 Å². The SMILES string of the molecule is CC1(NC(=O)NC(Cc2c[nH]c(=O)nc2NC(=O)c2c(Cl)cccc2Cl)C(=O)O)CCN(Cc2ccccc2)CC1. The number of halogens is 2. The minimum atomic E-state index is -1.39. The number of amides is 3. The number of hydrogen-bond donors (Lipinski definition) is 5. The first-order valence-electron chi connectivity index (χ1n) is 12.9. The van der Waals surface area contributed by atoms with E-state index in [-0.39, 0.29) is 33.4 Å². The molecule has 216 valence electrons. The molecule has 41 heavy (non-hydrogen) atoms. The predicted octanol–water partition coefficient (Wildman–Crippen LogP) is 3.68. The molecule has 1 aliphatic rings. The van der Waals surface area contributed by atoms with E-state index in [2.05, 4.69) is 43.0 Å². The molecule has 3 amide bonds. The van der Waals surface area contributed by atoms with Crippen LogP contribution in [-0.2, 0) is 17.8 Å². The monoisotopic (exact) mass is 600 g/mol. The molecule has 2 heterocycles. The molecule has 5 N–H and O–H groups in total. The minimum Gasteiger partial charge on any atom is -0.480 e. The second-order valence-corrected chi connectivity index (χ2v) is 11.0. The number of aliphatic carboxylic acids is 1. The quantitative estimate of drug-likeness (QED) is 0.251. The molecular formula is C28H30Cl2N6O5. The summed E-state index contributed by atoms with van der Waals surface area (Å²) < 4.78 is 0. The van der Waals surface area contributed by atoms with E-state index in [1.165, 1.54) is 23.9 Å². The smallest absolute Gasteiger partial charge is 0.346 e. The molecule has 1 aliphatic heterocycles. The van der Waals surface area contributed by atoms with Crippen molar-refractivity contribution in [2.45, 2.75) is 44.3 Å². The molecule has 0 bridgehead atoms. The second-order valence-electron chi connectivity index (χ2n) is 10.1. The molecule has 11 nitrogen and oxygen atoms in total. The number of anilines is 1. The number of hydrogen-bond acceptors (Lipinski definition) is 6. The highest BCUT2D eigenvalue weighted by molar-refractivity contribution is 6.40. The van der Waals surface area contributed by atoms with E-state index in [1.807, 2.05) is 25.1 Å². The first-order valence-corrected chi connectivity index (χ1v) is 13.7. The van der Waals surface area contributed by atoms with Gasteiger partial charge in [0.15, 0.2) is 0 Å². The first-order chi connectivity index (χ1) is 19.5. The summed E-state index contributed by atoms with van der Waals surface area (Å²) in [5, 5.41) is 17.9. The van der Waals surface area contributed by atoms with Crippen molar-refractivity contribution in [3.05, 3.63) is 91.9 Å². The maximum absolute atomic E-state index is 12.9. The first kappa shape index (κ1) is 30.0. The van der Waals surface area contributed by atoms with Gasteiger partial charge in [0.2, 0.25) is 0 Å². The Balaban J connectivity index is 1.39. The lowest BCUT2D eigenvalue weighted by Crippen LogP contribution is -2.57. The van der Waals surface area contributed by atoms with Crippen molar-refractivity contribution < 1.29 is 19.5 Å². The molecule has 1 fully saturated rings. The highest BCUT2D eigenvalue weighted by Gasteiger charge is 2.33. The van der Waals surface area contributed by atoms with Crippen LogP contribution in [0.4, 0.5) is 10.6 Å². The molecule has 1 unspecified atom stereocenters. The normalized spacial score (nSPS) is 15.5. The predicted molar refractivity (Wildman–Crippen MR) is 155 cm³/mol. The summed E-state index contributed by atoms with van der Waals surface area (Å²) >= 11 is 12.2. The number of benzene rings is 2. The van der Waals surface area contributed by atoms with Gasteiger partial charge >= 0.3 is 17.7 Å². The topological polar surface area (TPSA) is 157 Å². The number of urea groups is 1. The maximum atomic E-state index is 12.9. The summed E-state index contributed by atoms with van der Waals surface area (Å²) in [4.78, 5) is 58.2. The van der Waals surface area contributed by atoms with Crippen LogP contribution in [0.5, 0.6) is 0 Å². The zero-order valence-corrected chi connectivity index (χ0v) is 23.8. The fourth-order valence-corrected chi connectivity index (χ4v) is 5.20. The summed E-state index contributed by atoms with van der Waals surface area (Å²) in [6.07, 6.45) is 2.34. The third kappa shape index (κ3) is 8.06. The average Bonchev–Trinajstić information content (AvgIpc) is 2.91. The van der Waals surface area contributed by atoms with Crippen LogP contribution in [0.2, 0.25) is 10.0 Å². The average molecular weight is 601 g/mol. The lowest BCUT2D eigenvalue weighted by Gasteiger charge is -2.40. The lowest BCUT2D eigenvalue weighted by molar-refractivity contribution is -0.139. The van der Waals surface area contributed by atoms with Gasteiger partial charge in [-0.3, -0.25) is 9.69 Å². The van der Waals surface area contributed by atoms with Gasteiger partial charge in [-0.2, -0.15) is 4.98 Å². The van der Waals surface area contributed by atoms with Crippen molar-refractivity contribution in [1.82, 2.24) is 25.5 Å². The Morgan fingerprint density at radius 1 is 1.07 bits per heavy atom. The number of likely N-dealkylation sites (tertiary alicyclic amines) is 1. The van der Waals surface area contributed by atoms with Crippen LogP contribution < -0.4 is 21.6 Å². The van der Waals surface area contributed by atoms with E-state index in [9.17, 15) is 24.3 Å². The number of carboxylic acid groups (broad SMARTS) is 1. The fraction of sp³-hybridized carbons (Fsp3) is 0.321. The number of carbonyl (C=O) groups excluding carboxylic acids is 2. The molecule has 1 atom stereocenters. The van der Waals surface area contributed by atoms with Crippen molar-refractivity contribution in [2.24, 2.45) is 0 Å². The molecule has 0 saturated carbocycles. The molecule has 2 aromatic carbocycles. The van der Waals surface area contributed by atoms with Crippen LogP contribution in [0.1, 0.15) is 41.3 Å². The Hall–Kier alpha value is -3.93. The molecule has 0 radical (unpaired) electrons. The number of aromatic nitrogens is 2. The molecule has 1 aromatic heterocycles. The molecule has 4 rings (SSSR count). The Kier molecular flexibility index (Phi) is 9.64. The van der Waals surface area contributed by atoms with Crippen molar-refractivity contribution in [1.29, 1.82) is 0 Å². The summed E-state index contributed by atoms with van der Waals surface area (Å²) in [7, 11) is 0. The van der Waals surface area contributed by atoms with Crippen molar-refractivity contribution in [2.75, 3.05) is 18.4 Å². The number of nitrogens with zero attached hydrogens (tertiary/aromatic N) is 2. The molecule has 3 aromatic rings. The summed E-state index contributed by atoms with van der Waals surface area (Å²) in [6, 6.07) is 12.6. The molecule has 1 saturated heterocycles. The van der Waals surface area contributed by atoms with Gasteiger partial charge in [0.05, 0.1) is 15.6 Å². The van der Waals surface area contributed by atoms with Gasteiger partial charge in [0, 0.05) is 43.4 Å². The summed E-state index contributed by atoms with van der Waals surface area (Å²) in [5.41, 5.74) is 0.0768. The van der Waals surface area contributed by atoms with Gasteiger partial charge in [-0.1, -0.05) is 59.6 Å². The number of nitrogens with one attached hydrogen (secondary N) is 4. The third-order valence-corrected chi connectivity index (χ3v) is 7.59. The Morgan fingerprint density at radius 3 is 2.37 bits per heavy atom. The van der Waals surface area contributed by atoms with Crippen LogP contribution in [0.3, 0.4) is 0 Å². The molecular weight excluding hydrogens is 571 g/mol. The van der Waals surface area contributed by atoms with Gasteiger partial charge in [0.1, 0.15) is 11.9 Å². The van der Waals surface area contributed by atoms with Gasteiger partial charge < -0.3 is 26.0 Å². The maximum Gasteiger partial charge on any atom is 0.346 e. The number of H-pyrrole nitrogens is 1. The lowest BCUT2D eigenvalue weighted by atomic mass is 9.89. The van der Waals surface area contributed by atoms with Gasteiger partial charge in [-0.05, 0) is 37.5 Å². The highest BCUT2D eigenvalue weighted by Crippen LogP contribution is 2.26. The zero-order valence-electron chi connectivity index (χ0n) is 22.2. The second kappa shape index (κ2) is 13.2. The Labute approximate surface area is 246 Å². The number of aromatic amines is 1. The summed E-state index contributed by atoms with van der Waals surface area (Å²) in [5.74, 6) is -2.22. The van der Waals surface area contributed by atoms with E-state index in [1.54, 1.807) is 6.07 Å². The number of rotatable bonds is 9. The van der Waals surface area contributed by atoms with Crippen molar-refractivity contribution >= 4 is 46.9 Å².